The average Bonchev–Trinajstić information content (AvgIpc) is 3.64. The number of benzene rings is 4. The molecule has 0 spiro atoms. The van der Waals surface area contributed by atoms with Gasteiger partial charge in [-0.2, -0.15) is 0 Å². The maximum absolute atomic E-state index is 5.99. The Morgan fingerprint density at radius 1 is 0.301 bits per heavy atom. The zero-order valence-electron chi connectivity index (χ0n) is 52.1. The van der Waals surface area contributed by atoms with E-state index in [1.165, 1.54) is 0 Å². The van der Waals surface area contributed by atoms with Crippen LogP contribution in [-0.2, 0) is 47.4 Å². The molecular formula is C64H109N9O10. The van der Waals surface area contributed by atoms with E-state index in [1.807, 2.05) is 118 Å². The summed E-state index contributed by atoms with van der Waals surface area (Å²) in [6, 6.07) is 37.6. The molecule has 4 aromatic rings. The summed E-state index contributed by atoms with van der Waals surface area (Å²) < 4.78 is 58.3. The molecule has 11 N–H and O–H groups in total. The Morgan fingerprint density at radius 2 is 0.554 bits per heavy atom. The van der Waals surface area contributed by atoms with Crippen molar-refractivity contribution in [2.24, 2.45) is 28.7 Å². The third-order valence-corrected chi connectivity index (χ3v) is 12.4. The Balaban J connectivity index is 0.000000451. The molecule has 0 aliphatic heterocycles. The quantitative estimate of drug-likeness (QED) is 0.0232. The van der Waals surface area contributed by atoms with Crippen LogP contribution in [0, 0.1) is 0 Å². The molecule has 10 atom stereocenters. The summed E-state index contributed by atoms with van der Waals surface area (Å²) in [6.07, 6.45) is -0.0379. The summed E-state index contributed by atoms with van der Waals surface area (Å²) in [5, 5.41) is 3.43. The monoisotopic (exact) mass is 1160 g/mol. The zero-order chi connectivity index (χ0) is 60.6. The van der Waals surface area contributed by atoms with Gasteiger partial charge in [-0.3, -0.25) is 0 Å². The minimum Gasteiger partial charge on any atom is -0.377 e. The van der Waals surface area contributed by atoms with E-state index in [-0.39, 0.29) is 60.7 Å². The number of para-hydroxylation sites is 2. The summed E-state index contributed by atoms with van der Waals surface area (Å²) in [5.41, 5.74) is 35.4. The molecule has 0 bridgehead atoms. The lowest BCUT2D eigenvalue weighted by atomic mass is 10.2. The molecule has 0 aliphatic rings. The van der Waals surface area contributed by atoms with Crippen molar-refractivity contribution in [3.63, 3.8) is 0 Å². The zero-order valence-corrected chi connectivity index (χ0v) is 52.1. The first-order chi connectivity index (χ1) is 39.9. The molecule has 10 unspecified atom stereocenters. The van der Waals surface area contributed by atoms with Crippen LogP contribution in [0.15, 0.2) is 109 Å². The Labute approximate surface area is 499 Å². The number of nitrogens with one attached hydrogen (secondary N) is 1. The van der Waals surface area contributed by atoms with Crippen LogP contribution in [0.2, 0.25) is 0 Å². The Morgan fingerprint density at radius 3 is 0.867 bits per heavy atom. The second-order valence-corrected chi connectivity index (χ2v) is 22.0. The molecule has 0 aromatic heterocycles. The lowest BCUT2D eigenvalue weighted by Crippen LogP contribution is -2.33. The van der Waals surface area contributed by atoms with Crippen molar-refractivity contribution < 1.29 is 47.4 Å². The van der Waals surface area contributed by atoms with Crippen molar-refractivity contribution in [2.45, 2.75) is 130 Å². The maximum atomic E-state index is 5.99. The minimum atomic E-state index is -0.0203. The van der Waals surface area contributed by atoms with E-state index < -0.39 is 0 Å². The van der Waals surface area contributed by atoms with Crippen molar-refractivity contribution >= 4 is 34.1 Å². The predicted molar refractivity (Wildman–Crippen MR) is 340 cm³/mol. The van der Waals surface area contributed by atoms with Crippen molar-refractivity contribution in [1.82, 2.24) is 0 Å². The molecule has 0 radical (unpaired) electrons. The number of anilines is 6. The fraction of sp³-hybridized carbons (Fsp3) is 0.625. The van der Waals surface area contributed by atoms with Crippen LogP contribution in [0.5, 0.6) is 0 Å². The summed E-state index contributed by atoms with van der Waals surface area (Å²) in [6.45, 7) is 31.3. The average molecular weight is 1160 g/mol. The summed E-state index contributed by atoms with van der Waals surface area (Å²) in [7, 11) is 0. The highest BCUT2D eigenvalue weighted by Gasteiger charge is 2.16. The smallest absolute Gasteiger partial charge is 0.0781 e. The topological polar surface area (TPSA) is 244 Å². The van der Waals surface area contributed by atoms with Crippen LogP contribution in [0.1, 0.15) is 69.2 Å². The van der Waals surface area contributed by atoms with Gasteiger partial charge in [0.2, 0.25) is 0 Å². The molecular weight excluding hydrogens is 1050 g/mol. The third-order valence-electron chi connectivity index (χ3n) is 12.4. The number of ether oxygens (including phenoxy) is 10. The van der Waals surface area contributed by atoms with Crippen LogP contribution in [0.25, 0.3) is 0 Å². The van der Waals surface area contributed by atoms with Gasteiger partial charge in [-0.1, -0.05) is 36.4 Å². The Bertz CT molecular complexity index is 2080. The predicted octanol–water partition coefficient (Wildman–Crippen LogP) is 7.71. The first-order valence-electron chi connectivity index (χ1n) is 30.0. The molecule has 4 aromatic carbocycles. The number of hydrogen-bond acceptors (Lipinski definition) is 19. The van der Waals surface area contributed by atoms with Gasteiger partial charge in [0.25, 0.3) is 0 Å². The maximum Gasteiger partial charge on any atom is 0.0781 e. The fourth-order valence-electron chi connectivity index (χ4n) is 7.96. The van der Waals surface area contributed by atoms with E-state index in [9.17, 15) is 0 Å². The molecule has 0 aliphatic carbocycles. The number of hydrogen-bond donors (Lipinski definition) is 6. The molecule has 470 valence electrons. The van der Waals surface area contributed by atoms with Gasteiger partial charge in [-0.15, -0.1) is 0 Å². The van der Waals surface area contributed by atoms with E-state index in [0.717, 1.165) is 47.2 Å². The highest BCUT2D eigenvalue weighted by atomic mass is 16.6. The molecule has 19 nitrogen and oxygen atoms in total. The van der Waals surface area contributed by atoms with E-state index in [2.05, 4.69) is 80.7 Å². The second kappa shape index (κ2) is 44.0. The van der Waals surface area contributed by atoms with E-state index >= 15 is 0 Å². The van der Waals surface area contributed by atoms with Crippen molar-refractivity contribution in [2.75, 3.05) is 152 Å². The Kier molecular flexibility index (Phi) is 38.6. The van der Waals surface area contributed by atoms with Gasteiger partial charge < -0.3 is 96.1 Å². The molecule has 0 fully saturated rings. The molecule has 4 rings (SSSR count). The highest BCUT2D eigenvalue weighted by molar-refractivity contribution is 5.66. The summed E-state index contributed by atoms with van der Waals surface area (Å²) >= 11 is 0. The fourth-order valence-corrected chi connectivity index (χ4v) is 7.96. The van der Waals surface area contributed by atoms with E-state index in [1.54, 1.807) is 0 Å². The largest absolute Gasteiger partial charge is 0.377 e. The van der Waals surface area contributed by atoms with Gasteiger partial charge in [0.05, 0.1) is 130 Å². The third kappa shape index (κ3) is 35.5. The molecule has 0 saturated heterocycles. The Hall–Kier alpha value is -4.52. The summed E-state index contributed by atoms with van der Waals surface area (Å²) in [5.74, 6) is 0. The van der Waals surface area contributed by atoms with Gasteiger partial charge >= 0.3 is 0 Å². The summed E-state index contributed by atoms with van der Waals surface area (Å²) in [4.78, 5) is 6.82. The number of rotatable bonds is 46. The lowest BCUT2D eigenvalue weighted by Gasteiger charge is -2.28. The number of nitrogens with two attached hydrogens (primary N) is 5. The second-order valence-electron chi connectivity index (χ2n) is 22.0. The van der Waals surface area contributed by atoms with Gasteiger partial charge in [-0.25, -0.2) is 0 Å². The van der Waals surface area contributed by atoms with Crippen LogP contribution >= 0.6 is 0 Å². The minimum absolute atomic E-state index is 0.00172. The van der Waals surface area contributed by atoms with Crippen molar-refractivity contribution in [1.29, 1.82) is 0 Å². The standard InChI is InChI=1S/C36H63N5O6.C28H46N4O4/c1-28(37)22-45-31(4)25-42-19-16-40(17-20-43-26-32(5)46-23-29(2)38)34-12-14-36(15-13-34)41(35-10-8-7-9-11-35)18-21-44-27-33(6)47-24-30(3)39;1-22(29)18-35-24(3)20-33-16-14-32(15-17-34-21-25(4)36-19-23(2)30)28-12-10-27(11-13-28)31-26-8-6-5-7-9-26/h7-15,28-33H,16-27,37-39H2,1-6H3;5-13,22-25,31H,14-21,29-30H2,1-4H3. The van der Waals surface area contributed by atoms with E-state index in [4.69, 9.17) is 76.0 Å². The van der Waals surface area contributed by atoms with Crippen LogP contribution in [0.4, 0.5) is 34.1 Å². The van der Waals surface area contributed by atoms with Crippen molar-refractivity contribution in [3.8, 4) is 0 Å². The molecule has 19 heteroatoms. The van der Waals surface area contributed by atoms with Crippen LogP contribution in [0.3, 0.4) is 0 Å². The normalized spacial score (nSPS) is 15.2. The van der Waals surface area contributed by atoms with Gasteiger partial charge in [0, 0.05) is 97.1 Å². The first-order valence-corrected chi connectivity index (χ1v) is 30.0. The van der Waals surface area contributed by atoms with Gasteiger partial charge in [-0.05, 0) is 142 Å². The van der Waals surface area contributed by atoms with Gasteiger partial charge in [0.1, 0.15) is 0 Å². The molecule has 0 saturated carbocycles. The molecule has 0 heterocycles. The number of nitrogens with zero attached hydrogens (tertiary/aromatic N) is 3. The van der Waals surface area contributed by atoms with Crippen LogP contribution in [-0.4, -0.2) is 193 Å². The SMILES string of the molecule is CC(N)COC(C)COCCN(CCOCC(C)OCC(C)N)c1ccc(N(CCOCC(C)OCC(C)N)c2ccccc2)cc1.CC(N)COC(C)COCCN(CCOCC(C)OCC(C)N)c1ccc(Nc2ccccc2)cc1. The van der Waals surface area contributed by atoms with Crippen LogP contribution < -0.4 is 48.7 Å². The first kappa shape index (κ1) is 72.7. The van der Waals surface area contributed by atoms with E-state index in [0.29, 0.717) is 119 Å². The van der Waals surface area contributed by atoms with Crippen molar-refractivity contribution in [3.05, 3.63) is 109 Å². The lowest BCUT2D eigenvalue weighted by molar-refractivity contribution is -0.0112. The molecule has 0 amide bonds. The molecule has 83 heavy (non-hydrogen) atoms. The highest BCUT2D eigenvalue weighted by Crippen LogP contribution is 2.28. The van der Waals surface area contributed by atoms with Gasteiger partial charge in [0.15, 0.2) is 0 Å².